The molecule has 1 unspecified atom stereocenters. The van der Waals surface area contributed by atoms with Crippen LogP contribution in [0.5, 0.6) is 0 Å². The number of amides is 2. The first-order valence-corrected chi connectivity index (χ1v) is 9.15. The Balaban J connectivity index is 1.68. The maximum Gasteiger partial charge on any atom is 0.264 e. The van der Waals surface area contributed by atoms with Crippen LogP contribution in [-0.4, -0.2) is 49.9 Å². The lowest BCUT2D eigenvalue weighted by atomic mass is 9.96. The van der Waals surface area contributed by atoms with E-state index in [0.717, 1.165) is 23.3 Å². The summed E-state index contributed by atoms with van der Waals surface area (Å²) in [5.74, 6) is 0.425. The highest BCUT2D eigenvalue weighted by molar-refractivity contribution is 9.11. The average molecular weight is 388 g/mol. The molecule has 0 radical (unpaired) electrons. The maximum atomic E-state index is 12.1. The zero-order chi connectivity index (χ0) is 15.9. The van der Waals surface area contributed by atoms with Gasteiger partial charge in [0.1, 0.15) is 0 Å². The molecule has 22 heavy (non-hydrogen) atoms. The number of thiophene rings is 1. The molecule has 1 aromatic rings. The molecular weight excluding hydrogens is 366 g/mol. The number of nitrogens with zero attached hydrogens (tertiary/aromatic N) is 1. The molecule has 122 valence electrons. The van der Waals surface area contributed by atoms with Crippen molar-refractivity contribution in [3.63, 3.8) is 0 Å². The molecule has 7 heteroatoms. The van der Waals surface area contributed by atoms with E-state index in [1.54, 1.807) is 13.1 Å². The third-order valence-electron chi connectivity index (χ3n) is 3.79. The van der Waals surface area contributed by atoms with E-state index in [4.69, 9.17) is 0 Å². The number of hydrogen-bond acceptors (Lipinski definition) is 4. The fraction of sp³-hybridized carbons (Fsp3) is 0.600. The largest absolute Gasteiger partial charge is 0.355 e. The Hall–Kier alpha value is -0.920. The van der Waals surface area contributed by atoms with Crippen molar-refractivity contribution in [1.29, 1.82) is 0 Å². The van der Waals surface area contributed by atoms with Gasteiger partial charge in [-0.1, -0.05) is 0 Å². The van der Waals surface area contributed by atoms with Crippen LogP contribution in [0, 0.1) is 5.92 Å². The van der Waals surface area contributed by atoms with Crippen molar-refractivity contribution in [1.82, 2.24) is 15.5 Å². The minimum Gasteiger partial charge on any atom is -0.355 e. The van der Waals surface area contributed by atoms with Crippen LogP contribution < -0.4 is 10.6 Å². The quantitative estimate of drug-likeness (QED) is 0.785. The summed E-state index contributed by atoms with van der Waals surface area (Å²) in [6, 6.07) is 3.60. The van der Waals surface area contributed by atoms with Crippen molar-refractivity contribution in [2.24, 2.45) is 5.92 Å². The van der Waals surface area contributed by atoms with Gasteiger partial charge in [-0.3, -0.25) is 9.59 Å². The van der Waals surface area contributed by atoms with E-state index in [9.17, 15) is 9.59 Å². The van der Waals surface area contributed by atoms with Gasteiger partial charge in [0.25, 0.3) is 5.91 Å². The monoisotopic (exact) mass is 387 g/mol. The van der Waals surface area contributed by atoms with Gasteiger partial charge in [0.15, 0.2) is 0 Å². The first-order valence-electron chi connectivity index (χ1n) is 7.54. The van der Waals surface area contributed by atoms with Gasteiger partial charge in [0.05, 0.1) is 15.2 Å². The maximum absolute atomic E-state index is 12.1. The highest BCUT2D eigenvalue weighted by atomic mass is 79.9. The summed E-state index contributed by atoms with van der Waals surface area (Å²) in [4.78, 5) is 26.1. The molecule has 2 amide bonds. The number of halogens is 1. The summed E-state index contributed by atoms with van der Waals surface area (Å²) < 4.78 is 0.912. The second-order valence-corrected chi connectivity index (χ2v) is 8.08. The van der Waals surface area contributed by atoms with Gasteiger partial charge in [-0.25, -0.2) is 0 Å². The Morgan fingerprint density at radius 3 is 2.95 bits per heavy atom. The lowest BCUT2D eigenvalue weighted by Crippen LogP contribution is -2.39. The molecule has 0 saturated carbocycles. The number of hydrogen-bond donors (Lipinski definition) is 2. The van der Waals surface area contributed by atoms with Crippen LogP contribution >= 0.6 is 27.3 Å². The fourth-order valence-electron chi connectivity index (χ4n) is 2.55. The molecule has 0 aromatic carbocycles. The molecule has 0 bridgehead atoms. The van der Waals surface area contributed by atoms with Gasteiger partial charge in [0, 0.05) is 13.6 Å². The van der Waals surface area contributed by atoms with Crippen LogP contribution in [0.15, 0.2) is 15.9 Å². The van der Waals surface area contributed by atoms with Crippen molar-refractivity contribution >= 4 is 39.1 Å². The third-order valence-corrected chi connectivity index (χ3v) is 5.40. The molecule has 1 saturated heterocycles. The Labute approximate surface area is 143 Å². The van der Waals surface area contributed by atoms with E-state index < -0.39 is 0 Å². The van der Waals surface area contributed by atoms with Gasteiger partial charge in [-0.15, -0.1) is 11.3 Å². The predicted octanol–water partition coefficient (Wildman–Crippen LogP) is 2.09. The van der Waals surface area contributed by atoms with E-state index in [0.29, 0.717) is 17.3 Å². The molecule has 0 spiro atoms. The van der Waals surface area contributed by atoms with E-state index in [2.05, 4.69) is 26.6 Å². The lowest BCUT2D eigenvalue weighted by Gasteiger charge is -2.23. The summed E-state index contributed by atoms with van der Waals surface area (Å²) in [5.41, 5.74) is 0. The van der Waals surface area contributed by atoms with E-state index in [-0.39, 0.29) is 18.4 Å². The highest BCUT2D eigenvalue weighted by Crippen LogP contribution is 2.22. The zero-order valence-electron chi connectivity index (χ0n) is 12.7. The summed E-state index contributed by atoms with van der Waals surface area (Å²) in [6.07, 6.45) is 3.44. The molecule has 1 aliphatic heterocycles. The van der Waals surface area contributed by atoms with Crippen molar-refractivity contribution in [2.45, 2.75) is 19.3 Å². The van der Waals surface area contributed by atoms with Crippen molar-refractivity contribution in [2.75, 3.05) is 33.2 Å². The standard InChI is InChI=1S/C15H22BrN3O2S/c1-19(15(21)12-4-5-13(16)22-12)10-14(20)18-8-6-11-3-2-7-17-9-11/h4-5,11,17H,2-3,6-10H2,1H3,(H,18,20). The minimum absolute atomic E-state index is 0.0945. The molecule has 1 fully saturated rings. The van der Waals surface area contributed by atoms with Crippen LogP contribution in [-0.2, 0) is 4.79 Å². The van der Waals surface area contributed by atoms with Gasteiger partial charge in [-0.05, 0) is 66.3 Å². The van der Waals surface area contributed by atoms with Crippen LogP contribution in [0.3, 0.4) is 0 Å². The number of piperidine rings is 1. The molecule has 1 aliphatic rings. The smallest absolute Gasteiger partial charge is 0.264 e. The van der Waals surface area contributed by atoms with Gasteiger partial charge < -0.3 is 15.5 Å². The Bertz CT molecular complexity index is 515. The van der Waals surface area contributed by atoms with Crippen LogP contribution in [0.1, 0.15) is 28.9 Å². The summed E-state index contributed by atoms with van der Waals surface area (Å²) in [5, 5.41) is 6.28. The molecular formula is C15H22BrN3O2S. The number of likely N-dealkylation sites (N-methyl/N-ethyl adjacent to an activating group) is 1. The summed E-state index contributed by atoms with van der Waals surface area (Å²) in [6.45, 7) is 2.92. The number of carbonyl (C=O) groups is 2. The van der Waals surface area contributed by atoms with Crippen LogP contribution in [0.4, 0.5) is 0 Å². The average Bonchev–Trinajstić information content (AvgIpc) is 2.94. The van der Waals surface area contributed by atoms with Crippen molar-refractivity contribution in [3.05, 3.63) is 20.8 Å². The van der Waals surface area contributed by atoms with Gasteiger partial charge >= 0.3 is 0 Å². The van der Waals surface area contributed by atoms with Crippen LogP contribution in [0.2, 0.25) is 0 Å². The van der Waals surface area contributed by atoms with Crippen molar-refractivity contribution in [3.8, 4) is 0 Å². The van der Waals surface area contributed by atoms with E-state index in [1.807, 2.05) is 6.07 Å². The SMILES string of the molecule is CN(CC(=O)NCCC1CCCNC1)C(=O)c1ccc(Br)s1. The number of rotatable bonds is 6. The Kier molecular flexibility index (Phi) is 6.85. The third kappa shape index (κ3) is 5.37. The molecule has 2 N–H and O–H groups in total. The summed E-state index contributed by atoms with van der Waals surface area (Å²) >= 11 is 4.71. The van der Waals surface area contributed by atoms with E-state index >= 15 is 0 Å². The second kappa shape index (κ2) is 8.64. The highest BCUT2D eigenvalue weighted by Gasteiger charge is 2.17. The second-order valence-electron chi connectivity index (χ2n) is 5.62. The Morgan fingerprint density at radius 1 is 1.50 bits per heavy atom. The number of carbonyl (C=O) groups excluding carboxylic acids is 2. The van der Waals surface area contributed by atoms with Crippen molar-refractivity contribution < 1.29 is 9.59 Å². The first-order chi connectivity index (χ1) is 10.6. The molecule has 1 aromatic heterocycles. The molecule has 2 rings (SSSR count). The van der Waals surface area contributed by atoms with Crippen LogP contribution in [0.25, 0.3) is 0 Å². The normalized spacial score (nSPS) is 18.0. The van der Waals surface area contributed by atoms with Gasteiger partial charge in [0.2, 0.25) is 5.91 Å². The Morgan fingerprint density at radius 2 is 2.32 bits per heavy atom. The minimum atomic E-state index is -0.123. The lowest BCUT2D eigenvalue weighted by molar-refractivity contribution is -0.121. The molecule has 1 atom stereocenters. The zero-order valence-corrected chi connectivity index (χ0v) is 15.1. The fourth-order valence-corrected chi connectivity index (χ4v) is 3.93. The van der Waals surface area contributed by atoms with E-state index in [1.165, 1.54) is 29.1 Å². The molecule has 5 nitrogen and oxygen atoms in total. The number of nitrogens with one attached hydrogen (secondary N) is 2. The predicted molar refractivity (Wildman–Crippen MR) is 92.2 cm³/mol. The summed E-state index contributed by atoms with van der Waals surface area (Å²) in [7, 11) is 1.65. The first kappa shape index (κ1) is 17.4. The topological polar surface area (TPSA) is 61.4 Å². The molecule has 0 aliphatic carbocycles. The molecule has 2 heterocycles. The van der Waals surface area contributed by atoms with Gasteiger partial charge in [-0.2, -0.15) is 0 Å².